The van der Waals surface area contributed by atoms with Crippen LogP contribution in [0.5, 0.6) is 0 Å². The molecule has 0 radical (unpaired) electrons. The molecule has 0 saturated carbocycles. The second-order valence-corrected chi connectivity index (χ2v) is 8.92. The number of aliphatic hydroxyl groups is 2. The Morgan fingerprint density at radius 1 is 1.16 bits per heavy atom. The van der Waals surface area contributed by atoms with Crippen LogP contribution in [0.25, 0.3) is 0 Å². The first-order valence-corrected chi connectivity index (χ1v) is 10.8. The van der Waals surface area contributed by atoms with Crippen molar-refractivity contribution in [3.05, 3.63) is 35.5 Å². The maximum atomic E-state index is 12.4. The molecule has 2 N–H and O–H groups in total. The van der Waals surface area contributed by atoms with Crippen molar-refractivity contribution in [1.82, 2.24) is 0 Å². The third-order valence-corrected chi connectivity index (χ3v) is 6.08. The highest BCUT2D eigenvalue weighted by Gasteiger charge is 2.55. The second kappa shape index (κ2) is 10.4. The SMILES string of the molecule is C=C1C(=O)OC2C1C(OC(C)=O)CC(C)=CCCC(C)=CCC(OC(C)=O)C(C)(O)C2O. The van der Waals surface area contributed by atoms with E-state index in [0.717, 1.165) is 24.0 Å². The number of hydrogen-bond acceptors (Lipinski definition) is 8. The number of allylic oxidation sites excluding steroid dienone is 2. The van der Waals surface area contributed by atoms with Gasteiger partial charge in [0.1, 0.15) is 30.0 Å². The summed E-state index contributed by atoms with van der Waals surface area (Å²) in [5.74, 6) is -2.78. The molecule has 0 aromatic heterocycles. The van der Waals surface area contributed by atoms with Gasteiger partial charge in [-0.05, 0) is 33.6 Å². The summed E-state index contributed by atoms with van der Waals surface area (Å²) in [7, 11) is 0. The summed E-state index contributed by atoms with van der Waals surface area (Å²) in [6, 6.07) is 0. The number of hydrogen-bond donors (Lipinski definition) is 2. The standard InChI is InChI=1S/C24H34O8/c1-13-8-7-9-14(2)12-18(30-16(4)25)20-15(3)23(28)32-21(20)22(27)24(6,29)19(11-10-13)31-17(5)26/h9-10,18-22,27,29H,3,7-8,11-12H2,1-2,4-6H3. The van der Waals surface area contributed by atoms with Crippen molar-refractivity contribution >= 4 is 17.9 Å². The van der Waals surface area contributed by atoms with E-state index in [-0.39, 0.29) is 12.0 Å². The maximum absolute atomic E-state index is 12.4. The van der Waals surface area contributed by atoms with Crippen molar-refractivity contribution in [2.45, 2.75) is 90.3 Å². The zero-order chi connectivity index (χ0) is 24.2. The molecule has 0 amide bonds. The fraction of sp³-hybridized carbons (Fsp3) is 0.625. The van der Waals surface area contributed by atoms with Gasteiger partial charge in [0.15, 0.2) is 0 Å². The van der Waals surface area contributed by atoms with Crippen LogP contribution in [0.3, 0.4) is 0 Å². The van der Waals surface area contributed by atoms with E-state index in [1.807, 2.05) is 26.0 Å². The summed E-state index contributed by atoms with van der Waals surface area (Å²) in [5.41, 5.74) is 0.0666. The predicted molar refractivity (Wildman–Crippen MR) is 116 cm³/mol. The van der Waals surface area contributed by atoms with Crippen LogP contribution in [0.15, 0.2) is 35.5 Å². The average molecular weight is 451 g/mol. The highest BCUT2D eigenvalue weighted by atomic mass is 16.6. The van der Waals surface area contributed by atoms with E-state index in [0.29, 0.717) is 6.42 Å². The lowest BCUT2D eigenvalue weighted by molar-refractivity contribution is -0.199. The largest absolute Gasteiger partial charge is 0.461 e. The van der Waals surface area contributed by atoms with E-state index in [4.69, 9.17) is 14.2 Å². The van der Waals surface area contributed by atoms with Gasteiger partial charge in [-0.1, -0.05) is 29.9 Å². The van der Waals surface area contributed by atoms with Crippen LogP contribution < -0.4 is 0 Å². The molecule has 1 heterocycles. The van der Waals surface area contributed by atoms with Crippen molar-refractivity contribution in [1.29, 1.82) is 0 Å². The minimum Gasteiger partial charge on any atom is -0.461 e. The van der Waals surface area contributed by atoms with Gasteiger partial charge in [0.2, 0.25) is 0 Å². The highest BCUT2D eigenvalue weighted by molar-refractivity contribution is 5.91. The molecule has 6 atom stereocenters. The smallest absolute Gasteiger partial charge is 0.334 e. The number of ether oxygens (including phenoxy) is 3. The Kier molecular flexibility index (Phi) is 8.42. The van der Waals surface area contributed by atoms with Crippen LogP contribution in [0.1, 0.15) is 60.3 Å². The first-order chi connectivity index (χ1) is 14.8. The third-order valence-electron chi connectivity index (χ3n) is 6.08. The molecule has 8 nitrogen and oxygen atoms in total. The fourth-order valence-electron chi connectivity index (χ4n) is 4.25. The van der Waals surface area contributed by atoms with Crippen molar-refractivity contribution in [3.63, 3.8) is 0 Å². The Labute approximate surface area is 188 Å². The molecule has 1 aliphatic heterocycles. The zero-order valence-electron chi connectivity index (χ0n) is 19.4. The summed E-state index contributed by atoms with van der Waals surface area (Å²) in [6.07, 6.45) is 1.05. The molecule has 0 spiro atoms. The van der Waals surface area contributed by atoms with Crippen LogP contribution in [0.2, 0.25) is 0 Å². The Morgan fingerprint density at radius 3 is 2.38 bits per heavy atom. The van der Waals surface area contributed by atoms with Crippen LogP contribution in [0.4, 0.5) is 0 Å². The second-order valence-electron chi connectivity index (χ2n) is 8.92. The molecular weight excluding hydrogens is 416 g/mol. The lowest BCUT2D eigenvalue weighted by Gasteiger charge is -2.40. The topological polar surface area (TPSA) is 119 Å². The number of rotatable bonds is 2. The predicted octanol–water partition coefficient (Wildman–Crippen LogP) is 2.53. The zero-order valence-corrected chi connectivity index (χ0v) is 19.4. The van der Waals surface area contributed by atoms with Gasteiger partial charge < -0.3 is 24.4 Å². The Bertz CT molecular complexity index is 822. The van der Waals surface area contributed by atoms with Gasteiger partial charge in [-0.25, -0.2) is 4.79 Å². The number of fused-ring (bicyclic) bond motifs is 1. The highest BCUT2D eigenvalue weighted by Crippen LogP contribution is 2.39. The molecule has 1 fully saturated rings. The fourth-order valence-corrected chi connectivity index (χ4v) is 4.25. The van der Waals surface area contributed by atoms with Gasteiger partial charge in [-0.2, -0.15) is 0 Å². The van der Waals surface area contributed by atoms with E-state index < -0.39 is 53.8 Å². The van der Waals surface area contributed by atoms with Crippen molar-refractivity contribution in [2.24, 2.45) is 5.92 Å². The van der Waals surface area contributed by atoms with Gasteiger partial charge >= 0.3 is 17.9 Å². The maximum Gasteiger partial charge on any atom is 0.334 e. The lowest BCUT2D eigenvalue weighted by Crippen LogP contribution is -2.58. The number of carbonyl (C=O) groups is 3. The van der Waals surface area contributed by atoms with Crippen LogP contribution >= 0.6 is 0 Å². The molecule has 0 aromatic carbocycles. The molecule has 6 unspecified atom stereocenters. The minimum absolute atomic E-state index is 0.0516. The minimum atomic E-state index is -1.97. The molecule has 8 heteroatoms. The Morgan fingerprint density at radius 2 is 1.78 bits per heavy atom. The summed E-state index contributed by atoms with van der Waals surface area (Å²) in [5, 5.41) is 22.5. The molecule has 0 bridgehead atoms. The summed E-state index contributed by atoms with van der Waals surface area (Å²) in [4.78, 5) is 35.9. The van der Waals surface area contributed by atoms with Gasteiger partial charge in [0.05, 0.1) is 5.92 Å². The number of aliphatic hydroxyl groups excluding tert-OH is 1. The van der Waals surface area contributed by atoms with E-state index in [9.17, 15) is 24.6 Å². The van der Waals surface area contributed by atoms with E-state index in [1.54, 1.807) is 0 Å². The molecule has 178 valence electrons. The van der Waals surface area contributed by atoms with Gasteiger partial charge in [0, 0.05) is 32.3 Å². The molecule has 1 aliphatic carbocycles. The molecule has 0 aromatic rings. The van der Waals surface area contributed by atoms with Gasteiger partial charge in [-0.3, -0.25) is 9.59 Å². The normalized spacial score (nSPS) is 34.4. The van der Waals surface area contributed by atoms with Crippen molar-refractivity contribution in [2.75, 3.05) is 0 Å². The van der Waals surface area contributed by atoms with E-state index >= 15 is 0 Å². The first kappa shape index (κ1) is 25.8. The number of esters is 3. The first-order valence-electron chi connectivity index (χ1n) is 10.8. The molecule has 1 saturated heterocycles. The molecule has 2 rings (SSSR count). The molecular formula is C24H34O8. The van der Waals surface area contributed by atoms with Crippen LogP contribution in [-0.4, -0.2) is 58.1 Å². The van der Waals surface area contributed by atoms with Crippen LogP contribution in [0, 0.1) is 5.92 Å². The summed E-state index contributed by atoms with van der Waals surface area (Å²) < 4.78 is 16.3. The Hall–Kier alpha value is -2.45. The summed E-state index contributed by atoms with van der Waals surface area (Å²) >= 11 is 0. The molecule has 2 aliphatic rings. The van der Waals surface area contributed by atoms with E-state index in [2.05, 4.69) is 6.58 Å². The van der Waals surface area contributed by atoms with Crippen molar-refractivity contribution in [3.8, 4) is 0 Å². The quantitative estimate of drug-likeness (QED) is 0.285. The lowest BCUT2D eigenvalue weighted by atomic mass is 9.78. The molecule has 32 heavy (non-hydrogen) atoms. The number of carbonyl (C=O) groups excluding carboxylic acids is 3. The van der Waals surface area contributed by atoms with Gasteiger partial charge in [0.25, 0.3) is 0 Å². The third kappa shape index (κ3) is 6.07. The average Bonchev–Trinajstić information content (AvgIpc) is 2.97. The monoisotopic (exact) mass is 450 g/mol. The van der Waals surface area contributed by atoms with Crippen LogP contribution in [-0.2, 0) is 28.6 Å². The Balaban J connectivity index is 2.57. The van der Waals surface area contributed by atoms with Gasteiger partial charge in [-0.15, -0.1) is 0 Å². The summed E-state index contributed by atoms with van der Waals surface area (Å²) in [6.45, 7) is 11.4. The van der Waals surface area contributed by atoms with Crippen molar-refractivity contribution < 1.29 is 38.8 Å². The van der Waals surface area contributed by atoms with E-state index in [1.165, 1.54) is 20.8 Å².